The molecule has 3 amide bonds. The number of imide groups is 1. The molecular formula is C44H49N9O5. The summed E-state index contributed by atoms with van der Waals surface area (Å²) >= 11 is 0. The van der Waals surface area contributed by atoms with Crippen molar-refractivity contribution in [1.29, 1.82) is 0 Å². The van der Waals surface area contributed by atoms with E-state index in [1.807, 2.05) is 66.7 Å². The minimum absolute atomic E-state index is 0.133. The highest BCUT2D eigenvalue weighted by molar-refractivity contribution is 6.05. The van der Waals surface area contributed by atoms with Crippen LogP contribution in [0.3, 0.4) is 0 Å². The van der Waals surface area contributed by atoms with Crippen LogP contribution in [0.1, 0.15) is 66.9 Å². The third-order valence-corrected chi connectivity index (χ3v) is 12.2. The SMILES string of the molecule is Nc1ncnc2c1c(-c1ccc(Oc3ccccc3)cc1)nn2C1CCN(CCOCCC2CCN(c3ccc4c(c3)CN(C3CCC(=O)NC3=O)C4=O)CC2)CC1. The van der Waals surface area contributed by atoms with E-state index in [2.05, 4.69) is 35.8 Å². The Hall–Kier alpha value is -5.86. The second-order valence-electron chi connectivity index (χ2n) is 15.8. The van der Waals surface area contributed by atoms with Gasteiger partial charge in [-0.05, 0) is 105 Å². The second-order valence-corrected chi connectivity index (χ2v) is 15.8. The number of ether oxygens (including phenoxy) is 2. The molecule has 0 bridgehead atoms. The van der Waals surface area contributed by atoms with Crippen molar-refractivity contribution in [2.24, 2.45) is 5.92 Å². The Labute approximate surface area is 337 Å². The number of para-hydroxylation sites is 1. The molecule has 0 aliphatic carbocycles. The number of rotatable bonds is 12. The molecule has 3 fully saturated rings. The summed E-state index contributed by atoms with van der Waals surface area (Å²) in [4.78, 5) is 52.6. The lowest BCUT2D eigenvalue weighted by Gasteiger charge is -2.34. The molecule has 4 aliphatic heterocycles. The molecule has 3 aromatic carbocycles. The number of anilines is 2. The van der Waals surface area contributed by atoms with E-state index in [1.54, 1.807) is 4.90 Å². The van der Waals surface area contributed by atoms with Crippen LogP contribution in [0.25, 0.3) is 22.3 Å². The lowest BCUT2D eigenvalue weighted by molar-refractivity contribution is -0.136. The molecule has 0 saturated carbocycles. The summed E-state index contributed by atoms with van der Waals surface area (Å²) in [7, 11) is 0. The topological polar surface area (TPSA) is 161 Å². The average Bonchev–Trinajstić information content (AvgIpc) is 3.80. The predicted octanol–water partition coefficient (Wildman–Crippen LogP) is 5.59. The van der Waals surface area contributed by atoms with Crippen molar-refractivity contribution in [3.8, 4) is 22.8 Å². The number of nitrogens with one attached hydrogen (secondary N) is 1. The van der Waals surface area contributed by atoms with Crippen molar-refractivity contribution < 1.29 is 23.9 Å². The smallest absolute Gasteiger partial charge is 0.255 e. The van der Waals surface area contributed by atoms with Gasteiger partial charge in [0.15, 0.2) is 5.65 Å². The maximum absolute atomic E-state index is 13.1. The summed E-state index contributed by atoms with van der Waals surface area (Å²) in [6.45, 7) is 6.63. The Morgan fingerprint density at radius 1 is 0.828 bits per heavy atom. The van der Waals surface area contributed by atoms with Gasteiger partial charge in [-0.25, -0.2) is 14.6 Å². The third-order valence-electron chi connectivity index (χ3n) is 12.2. The Bertz CT molecular complexity index is 2280. The molecule has 1 unspecified atom stereocenters. The number of benzene rings is 3. The number of piperidine rings is 3. The Balaban J connectivity index is 0.712. The lowest BCUT2D eigenvalue weighted by Crippen LogP contribution is -2.52. The molecule has 0 radical (unpaired) electrons. The molecule has 4 aliphatic rings. The van der Waals surface area contributed by atoms with Crippen LogP contribution < -0.4 is 20.7 Å². The van der Waals surface area contributed by atoms with E-state index in [-0.39, 0.29) is 30.2 Å². The zero-order chi connectivity index (χ0) is 39.6. The second kappa shape index (κ2) is 16.5. The molecule has 3 N–H and O–H groups in total. The van der Waals surface area contributed by atoms with Crippen LogP contribution in [-0.2, 0) is 20.9 Å². The molecule has 14 nitrogen and oxygen atoms in total. The predicted molar refractivity (Wildman–Crippen MR) is 219 cm³/mol. The number of likely N-dealkylation sites (tertiary alicyclic amines) is 1. The standard InChI is InChI=1S/C44H49N9O5/c45-41-39-40(30-6-9-35(10-7-30)58-34-4-2-1-3-5-34)49-53(42(39)47-28-46-41)32-16-19-50(20-17-32)23-25-57-24-18-29-14-21-51(22-15-29)33-8-11-36-31(26-33)27-52(44(36)56)37-12-13-38(54)48-43(37)55/h1-11,26,28-29,32,37H,12-25,27H2,(H2,45,46,47)(H,48,54,55). The zero-order valence-electron chi connectivity index (χ0n) is 32.6. The fourth-order valence-corrected chi connectivity index (χ4v) is 8.93. The quantitative estimate of drug-likeness (QED) is 0.120. The van der Waals surface area contributed by atoms with Crippen LogP contribution in [0.15, 0.2) is 79.1 Å². The highest BCUT2D eigenvalue weighted by Crippen LogP contribution is 2.36. The number of nitrogen functional groups attached to an aromatic ring is 1. The summed E-state index contributed by atoms with van der Waals surface area (Å²) in [6.07, 6.45) is 7.32. The molecule has 3 saturated heterocycles. The summed E-state index contributed by atoms with van der Waals surface area (Å²) < 4.78 is 14.2. The van der Waals surface area contributed by atoms with Crippen molar-refractivity contribution in [3.05, 3.63) is 90.3 Å². The number of nitrogens with zero attached hydrogens (tertiary/aromatic N) is 7. The first kappa shape index (κ1) is 37.7. The summed E-state index contributed by atoms with van der Waals surface area (Å²) in [6, 6.07) is 23.3. The third kappa shape index (κ3) is 7.86. The maximum Gasteiger partial charge on any atom is 0.255 e. The van der Waals surface area contributed by atoms with Gasteiger partial charge in [-0.1, -0.05) is 18.2 Å². The number of carbonyl (C=O) groups is 3. The van der Waals surface area contributed by atoms with E-state index in [9.17, 15) is 14.4 Å². The van der Waals surface area contributed by atoms with E-state index in [4.69, 9.17) is 20.3 Å². The van der Waals surface area contributed by atoms with Gasteiger partial charge in [0.2, 0.25) is 11.8 Å². The van der Waals surface area contributed by atoms with E-state index in [0.29, 0.717) is 30.3 Å². The van der Waals surface area contributed by atoms with Gasteiger partial charge < -0.3 is 29.9 Å². The van der Waals surface area contributed by atoms with Gasteiger partial charge in [-0.15, -0.1) is 0 Å². The van der Waals surface area contributed by atoms with Crippen LogP contribution in [0.4, 0.5) is 11.5 Å². The van der Waals surface area contributed by atoms with Gasteiger partial charge in [0, 0.05) is 69.1 Å². The molecular weight excluding hydrogens is 735 g/mol. The number of amides is 3. The van der Waals surface area contributed by atoms with Crippen molar-refractivity contribution in [1.82, 2.24) is 34.9 Å². The van der Waals surface area contributed by atoms with Crippen LogP contribution in [0.2, 0.25) is 0 Å². The first-order valence-electron chi connectivity index (χ1n) is 20.5. The van der Waals surface area contributed by atoms with Gasteiger partial charge in [0.25, 0.3) is 5.91 Å². The summed E-state index contributed by atoms with van der Waals surface area (Å²) in [5, 5.41) is 8.24. The first-order valence-corrected chi connectivity index (χ1v) is 20.5. The molecule has 14 heteroatoms. The number of hydrogen-bond donors (Lipinski definition) is 2. The Kier molecular flexibility index (Phi) is 10.8. The Morgan fingerprint density at radius 3 is 2.38 bits per heavy atom. The van der Waals surface area contributed by atoms with Crippen molar-refractivity contribution in [2.45, 2.75) is 63.6 Å². The first-order chi connectivity index (χ1) is 28.4. The molecule has 2 aromatic heterocycles. The molecule has 300 valence electrons. The zero-order valence-corrected chi connectivity index (χ0v) is 32.6. The fourth-order valence-electron chi connectivity index (χ4n) is 8.93. The van der Waals surface area contributed by atoms with Crippen LogP contribution >= 0.6 is 0 Å². The average molecular weight is 784 g/mol. The number of hydrogen-bond acceptors (Lipinski definition) is 11. The van der Waals surface area contributed by atoms with Gasteiger partial charge in [-0.3, -0.25) is 19.7 Å². The monoisotopic (exact) mass is 783 g/mol. The minimum atomic E-state index is -0.594. The van der Waals surface area contributed by atoms with Crippen molar-refractivity contribution >= 4 is 40.3 Å². The van der Waals surface area contributed by atoms with Crippen molar-refractivity contribution in [2.75, 3.05) is 56.6 Å². The van der Waals surface area contributed by atoms with Gasteiger partial charge >= 0.3 is 0 Å². The molecule has 58 heavy (non-hydrogen) atoms. The number of aromatic nitrogens is 4. The van der Waals surface area contributed by atoms with E-state index in [1.165, 1.54) is 6.33 Å². The number of nitrogens with two attached hydrogens (primary N) is 1. The summed E-state index contributed by atoms with van der Waals surface area (Å²) in [5.74, 6) is 1.79. The van der Waals surface area contributed by atoms with E-state index >= 15 is 0 Å². The molecule has 0 spiro atoms. The van der Waals surface area contributed by atoms with Gasteiger partial charge in [0.1, 0.15) is 35.4 Å². The molecule has 1 atom stereocenters. The minimum Gasteiger partial charge on any atom is -0.457 e. The maximum atomic E-state index is 13.1. The highest BCUT2D eigenvalue weighted by Gasteiger charge is 2.39. The highest BCUT2D eigenvalue weighted by atomic mass is 16.5. The van der Waals surface area contributed by atoms with Gasteiger partial charge in [0.05, 0.1) is 18.0 Å². The van der Waals surface area contributed by atoms with Crippen LogP contribution in [-0.4, -0.2) is 99.2 Å². The van der Waals surface area contributed by atoms with Gasteiger partial charge in [-0.2, -0.15) is 5.10 Å². The van der Waals surface area contributed by atoms with E-state index < -0.39 is 6.04 Å². The largest absolute Gasteiger partial charge is 0.457 e. The lowest BCUT2D eigenvalue weighted by atomic mass is 9.93. The van der Waals surface area contributed by atoms with Crippen LogP contribution in [0.5, 0.6) is 11.5 Å². The summed E-state index contributed by atoms with van der Waals surface area (Å²) in [5.41, 5.74) is 11.6. The normalized spacial score (nSPS) is 19.5. The Morgan fingerprint density at radius 2 is 1.60 bits per heavy atom. The van der Waals surface area contributed by atoms with E-state index in [0.717, 1.165) is 123 Å². The van der Waals surface area contributed by atoms with Crippen molar-refractivity contribution in [3.63, 3.8) is 0 Å². The number of fused-ring (bicyclic) bond motifs is 2. The molecule has 6 heterocycles. The molecule has 9 rings (SSSR count). The number of carbonyl (C=O) groups excluding carboxylic acids is 3. The van der Waals surface area contributed by atoms with Crippen LogP contribution in [0, 0.1) is 5.92 Å². The molecule has 5 aromatic rings. The fraction of sp³-hybridized carbons (Fsp3) is 0.409.